The molecule has 1 unspecified atom stereocenters. The predicted octanol–water partition coefficient (Wildman–Crippen LogP) is 2.73. The van der Waals surface area contributed by atoms with Gasteiger partial charge in [0.15, 0.2) is 0 Å². The van der Waals surface area contributed by atoms with Crippen molar-refractivity contribution in [2.45, 2.75) is 83.2 Å². The van der Waals surface area contributed by atoms with Crippen LogP contribution in [0.25, 0.3) is 0 Å². The molecule has 0 aliphatic heterocycles. The van der Waals surface area contributed by atoms with Gasteiger partial charge in [0.05, 0.1) is 0 Å². The summed E-state index contributed by atoms with van der Waals surface area (Å²) in [6, 6.07) is 0.358. The molecule has 1 fully saturated rings. The van der Waals surface area contributed by atoms with Gasteiger partial charge in [-0.1, -0.05) is 33.1 Å². The van der Waals surface area contributed by atoms with Gasteiger partial charge in [-0.05, 0) is 32.1 Å². The van der Waals surface area contributed by atoms with E-state index in [1.165, 1.54) is 19.3 Å². The van der Waals surface area contributed by atoms with Gasteiger partial charge in [0, 0.05) is 18.0 Å². The number of carbonyl (C=O) groups excluding carboxylic acids is 1. The Balaban J connectivity index is 2.29. The summed E-state index contributed by atoms with van der Waals surface area (Å²) in [7, 11) is 0. The molecular formula is C14H28N2O. The highest BCUT2D eigenvalue weighted by molar-refractivity contribution is 5.77. The first kappa shape index (κ1) is 14.5. The molecule has 0 bridgehead atoms. The molecule has 0 heterocycles. The van der Waals surface area contributed by atoms with E-state index in [2.05, 4.69) is 19.2 Å². The van der Waals surface area contributed by atoms with E-state index in [0.717, 1.165) is 32.1 Å². The average molecular weight is 240 g/mol. The molecule has 0 saturated heterocycles. The van der Waals surface area contributed by atoms with Crippen molar-refractivity contribution >= 4 is 5.91 Å². The molecule has 3 N–H and O–H groups in total. The van der Waals surface area contributed by atoms with Crippen LogP contribution >= 0.6 is 0 Å². The third kappa shape index (κ3) is 5.07. The Kier molecular flexibility index (Phi) is 5.96. The Labute approximate surface area is 106 Å². The van der Waals surface area contributed by atoms with Crippen molar-refractivity contribution in [1.82, 2.24) is 5.32 Å². The van der Waals surface area contributed by atoms with E-state index in [-0.39, 0.29) is 11.4 Å². The number of amides is 1. The molecule has 17 heavy (non-hydrogen) atoms. The molecular weight excluding hydrogens is 212 g/mol. The number of unbranched alkanes of at least 4 members (excludes halogenated alkanes) is 1. The molecule has 1 aliphatic rings. The molecule has 0 aromatic heterocycles. The number of nitrogens with two attached hydrogens (primary N) is 1. The van der Waals surface area contributed by atoms with Gasteiger partial charge in [-0.15, -0.1) is 0 Å². The van der Waals surface area contributed by atoms with Crippen LogP contribution in [0.5, 0.6) is 0 Å². The van der Waals surface area contributed by atoms with Crippen LogP contribution in [0.4, 0.5) is 0 Å². The van der Waals surface area contributed by atoms with Crippen LogP contribution in [0.1, 0.15) is 71.6 Å². The molecule has 0 aromatic rings. The monoisotopic (exact) mass is 240 g/mol. The van der Waals surface area contributed by atoms with Crippen LogP contribution in [0.15, 0.2) is 0 Å². The van der Waals surface area contributed by atoms with Gasteiger partial charge in [-0.2, -0.15) is 0 Å². The SMILES string of the molecule is CCCCC(CCC)NC(=O)CC1(N)CCC1. The Morgan fingerprint density at radius 3 is 2.47 bits per heavy atom. The van der Waals surface area contributed by atoms with Gasteiger partial charge < -0.3 is 11.1 Å². The van der Waals surface area contributed by atoms with E-state index >= 15 is 0 Å². The fourth-order valence-electron chi connectivity index (χ4n) is 2.49. The van der Waals surface area contributed by atoms with E-state index in [1.807, 2.05) is 0 Å². The first-order valence-electron chi connectivity index (χ1n) is 7.18. The maximum Gasteiger partial charge on any atom is 0.222 e. The topological polar surface area (TPSA) is 55.1 Å². The molecule has 0 aromatic carbocycles. The first-order valence-corrected chi connectivity index (χ1v) is 7.18. The minimum Gasteiger partial charge on any atom is -0.353 e. The standard InChI is InChI=1S/C14H28N2O/c1-3-5-8-12(7-4-2)16-13(17)11-14(15)9-6-10-14/h12H,3-11,15H2,1-2H3,(H,16,17). The van der Waals surface area contributed by atoms with E-state index < -0.39 is 0 Å². The van der Waals surface area contributed by atoms with Crippen LogP contribution < -0.4 is 11.1 Å². The smallest absolute Gasteiger partial charge is 0.222 e. The summed E-state index contributed by atoms with van der Waals surface area (Å²) in [4.78, 5) is 11.9. The molecule has 3 nitrogen and oxygen atoms in total. The lowest BCUT2D eigenvalue weighted by Gasteiger charge is -2.37. The molecule has 1 aliphatic carbocycles. The highest BCUT2D eigenvalue weighted by Crippen LogP contribution is 2.32. The second kappa shape index (κ2) is 7.00. The lowest BCUT2D eigenvalue weighted by Crippen LogP contribution is -2.51. The zero-order valence-electron chi connectivity index (χ0n) is 11.4. The number of nitrogens with one attached hydrogen (secondary N) is 1. The van der Waals surface area contributed by atoms with Gasteiger partial charge in [-0.25, -0.2) is 0 Å². The van der Waals surface area contributed by atoms with Gasteiger partial charge >= 0.3 is 0 Å². The summed E-state index contributed by atoms with van der Waals surface area (Å²) < 4.78 is 0. The van der Waals surface area contributed by atoms with Crippen LogP contribution in [0, 0.1) is 0 Å². The van der Waals surface area contributed by atoms with E-state index in [4.69, 9.17) is 5.73 Å². The Morgan fingerprint density at radius 2 is 2.00 bits per heavy atom. The van der Waals surface area contributed by atoms with Crippen molar-refractivity contribution in [1.29, 1.82) is 0 Å². The van der Waals surface area contributed by atoms with Crippen LogP contribution in [-0.4, -0.2) is 17.5 Å². The average Bonchev–Trinajstić information content (AvgIpc) is 2.24. The van der Waals surface area contributed by atoms with Crippen molar-refractivity contribution in [3.05, 3.63) is 0 Å². The fraction of sp³-hybridized carbons (Fsp3) is 0.929. The van der Waals surface area contributed by atoms with Crippen LogP contribution in [-0.2, 0) is 4.79 Å². The summed E-state index contributed by atoms with van der Waals surface area (Å²) in [5.74, 6) is 0.154. The summed E-state index contributed by atoms with van der Waals surface area (Å²) in [6.45, 7) is 4.36. The highest BCUT2D eigenvalue weighted by Gasteiger charge is 2.34. The van der Waals surface area contributed by atoms with Gasteiger partial charge in [-0.3, -0.25) is 4.79 Å². The Hall–Kier alpha value is -0.570. The minimum absolute atomic E-state index is 0.154. The molecule has 1 atom stereocenters. The second-order valence-electron chi connectivity index (χ2n) is 5.59. The van der Waals surface area contributed by atoms with E-state index in [0.29, 0.717) is 12.5 Å². The first-order chi connectivity index (χ1) is 8.09. The molecule has 100 valence electrons. The Morgan fingerprint density at radius 1 is 1.29 bits per heavy atom. The van der Waals surface area contributed by atoms with Crippen LogP contribution in [0.3, 0.4) is 0 Å². The summed E-state index contributed by atoms with van der Waals surface area (Å²) >= 11 is 0. The third-order valence-corrected chi connectivity index (χ3v) is 3.77. The van der Waals surface area contributed by atoms with Gasteiger partial charge in [0.25, 0.3) is 0 Å². The normalized spacial score (nSPS) is 19.5. The number of hydrogen-bond acceptors (Lipinski definition) is 2. The Bertz CT molecular complexity index is 236. The third-order valence-electron chi connectivity index (χ3n) is 3.77. The van der Waals surface area contributed by atoms with Crippen molar-refractivity contribution in [3.63, 3.8) is 0 Å². The highest BCUT2D eigenvalue weighted by atomic mass is 16.1. The second-order valence-corrected chi connectivity index (χ2v) is 5.59. The van der Waals surface area contributed by atoms with Crippen molar-refractivity contribution in [2.24, 2.45) is 5.73 Å². The molecule has 3 heteroatoms. The summed E-state index contributed by atoms with van der Waals surface area (Å²) in [5.41, 5.74) is 5.90. The zero-order chi connectivity index (χ0) is 12.7. The lowest BCUT2D eigenvalue weighted by molar-refractivity contribution is -0.123. The molecule has 1 amide bonds. The number of hydrogen-bond donors (Lipinski definition) is 2. The number of rotatable bonds is 8. The number of carbonyl (C=O) groups is 1. The molecule has 1 rings (SSSR count). The molecule has 0 radical (unpaired) electrons. The largest absolute Gasteiger partial charge is 0.353 e. The fourth-order valence-corrected chi connectivity index (χ4v) is 2.49. The summed E-state index contributed by atoms with van der Waals surface area (Å²) in [6.07, 6.45) is 9.41. The maximum atomic E-state index is 11.9. The van der Waals surface area contributed by atoms with Crippen molar-refractivity contribution in [2.75, 3.05) is 0 Å². The lowest BCUT2D eigenvalue weighted by atomic mass is 9.75. The van der Waals surface area contributed by atoms with Gasteiger partial charge in [0.2, 0.25) is 5.91 Å². The van der Waals surface area contributed by atoms with Crippen molar-refractivity contribution < 1.29 is 4.79 Å². The maximum absolute atomic E-state index is 11.9. The van der Waals surface area contributed by atoms with Gasteiger partial charge in [0.1, 0.15) is 0 Å². The van der Waals surface area contributed by atoms with Crippen LogP contribution in [0.2, 0.25) is 0 Å². The molecule has 1 saturated carbocycles. The zero-order valence-corrected chi connectivity index (χ0v) is 11.4. The summed E-state index contributed by atoms with van der Waals surface area (Å²) in [5, 5.41) is 3.16. The van der Waals surface area contributed by atoms with E-state index in [1.54, 1.807) is 0 Å². The van der Waals surface area contributed by atoms with Crippen molar-refractivity contribution in [3.8, 4) is 0 Å². The minimum atomic E-state index is -0.189. The quantitative estimate of drug-likeness (QED) is 0.685. The molecule has 0 spiro atoms. The van der Waals surface area contributed by atoms with E-state index in [9.17, 15) is 4.79 Å². The predicted molar refractivity (Wildman–Crippen MR) is 71.8 cm³/mol.